The van der Waals surface area contributed by atoms with E-state index in [1.165, 1.54) is 0 Å². The molecule has 1 N–H and O–H groups in total. The number of amides is 1. The molecule has 2 heterocycles. The Hall–Kier alpha value is -2.61. The molecule has 1 fully saturated rings. The van der Waals surface area contributed by atoms with Crippen LogP contribution in [0.1, 0.15) is 36.4 Å². The Bertz CT molecular complexity index is 759. The van der Waals surface area contributed by atoms with E-state index in [0.717, 1.165) is 19.3 Å². The van der Waals surface area contributed by atoms with Crippen LogP contribution >= 0.6 is 0 Å². The lowest BCUT2D eigenvalue weighted by Crippen LogP contribution is -2.44. The van der Waals surface area contributed by atoms with Crippen LogP contribution in [0.2, 0.25) is 0 Å². The largest absolute Gasteiger partial charge is 0.493 e. The molecule has 0 saturated carbocycles. The van der Waals surface area contributed by atoms with Gasteiger partial charge in [0.1, 0.15) is 0 Å². The number of carbonyl (C=O) groups excluding carboxylic acids is 1. The normalized spacial score (nSPS) is 17.2. The molecule has 1 amide bonds. The summed E-state index contributed by atoms with van der Waals surface area (Å²) < 4.78 is 15.7. The molecule has 0 spiro atoms. The van der Waals surface area contributed by atoms with Crippen LogP contribution in [-0.4, -0.2) is 59.5 Å². The standard InChI is InChI=1S/C18H23N3O5/c1-24-14-7-6-12(11-15(14)25-2)16-19-17(26-20-16)18(23)21-9-4-3-5-13(21)8-10-22/h6-7,11,13,22H,3-5,8-10H2,1-2H3. The molecule has 8 nitrogen and oxygen atoms in total. The minimum atomic E-state index is -0.289. The third kappa shape index (κ3) is 3.65. The fourth-order valence-corrected chi connectivity index (χ4v) is 3.24. The van der Waals surface area contributed by atoms with Crippen LogP contribution in [0.3, 0.4) is 0 Å². The van der Waals surface area contributed by atoms with Crippen molar-refractivity contribution < 1.29 is 23.9 Å². The summed E-state index contributed by atoms with van der Waals surface area (Å²) in [6, 6.07) is 5.26. The van der Waals surface area contributed by atoms with Crippen molar-refractivity contribution in [3.8, 4) is 22.9 Å². The van der Waals surface area contributed by atoms with Crippen molar-refractivity contribution in [2.24, 2.45) is 0 Å². The zero-order valence-electron chi connectivity index (χ0n) is 15.0. The van der Waals surface area contributed by atoms with Crippen molar-refractivity contribution >= 4 is 5.91 Å². The van der Waals surface area contributed by atoms with Crippen LogP contribution in [0.25, 0.3) is 11.4 Å². The minimum absolute atomic E-state index is 0.0117. The number of hydrogen-bond donors (Lipinski definition) is 1. The van der Waals surface area contributed by atoms with Gasteiger partial charge in [-0.05, 0) is 43.9 Å². The van der Waals surface area contributed by atoms with E-state index in [4.69, 9.17) is 14.0 Å². The van der Waals surface area contributed by atoms with E-state index in [-0.39, 0.29) is 24.4 Å². The topological polar surface area (TPSA) is 97.9 Å². The Morgan fingerprint density at radius 3 is 2.85 bits per heavy atom. The third-order valence-electron chi connectivity index (χ3n) is 4.60. The Morgan fingerprint density at radius 2 is 2.12 bits per heavy atom. The molecule has 1 atom stereocenters. The molecule has 1 unspecified atom stereocenters. The molecule has 1 aromatic carbocycles. The lowest BCUT2D eigenvalue weighted by Gasteiger charge is -2.34. The fraction of sp³-hybridized carbons (Fsp3) is 0.500. The average Bonchev–Trinajstić information content (AvgIpc) is 3.18. The number of likely N-dealkylation sites (tertiary alicyclic amines) is 1. The van der Waals surface area contributed by atoms with Crippen molar-refractivity contribution in [2.45, 2.75) is 31.7 Å². The molecule has 0 bridgehead atoms. The molecule has 2 aromatic rings. The van der Waals surface area contributed by atoms with Gasteiger partial charge in [0.15, 0.2) is 11.5 Å². The van der Waals surface area contributed by atoms with Gasteiger partial charge >= 0.3 is 11.8 Å². The van der Waals surface area contributed by atoms with Crippen LogP contribution in [-0.2, 0) is 0 Å². The first-order valence-corrected chi connectivity index (χ1v) is 8.66. The predicted molar refractivity (Wildman–Crippen MR) is 93.2 cm³/mol. The Labute approximate surface area is 151 Å². The SMILES string of the molecule is COc1ccc(-c2noc(C(=O)N3CCCCC3CCO)n2)cc1OC. The minimum Gasteiger partial charge on any atom is -0.493 e. The third-order valence-corrected chi connectivity index (χ3v) is 4.60. The number of rotatable bonds is 6. The zero-order valence-corrected chi connectivity index (χ0v) is 15.0. The Kier molecular flexibility index (Phi) is 5.72. The van der Waals surface area contributed by atoms with Gasteiger partial charge in [0.25, 0.3) is 0 Å². The van der Waals surface area contributed by atoms with Crippen LogP contribution < -0.4 is 9.47 Å². The van der Waals surface area contributed by atoms with Crippen LogP contribution in [0, 0.1) is 0 Å². The van der Waals surface area contributed by atoms with Crippen molar-refractivity contribution in [2.75, 3.05) is 27.4 Å². The number of aromatic nitrogens is 2. The molecule has 1 aromatic heterocycles. The molecule has 1 aliphatic heterocycles. The summed E-state index contributed by atoms with van der Waals surface area (Å²) in [7, 11) is 3.11. The van der Waals surface area contributed by atoms with Crippen molar-refractivity contribution in [1.82, 2.24) is 15.0 Å². The van der Waals surface area contributed by atoms with Crippen molar-refractivity contribution in [1.29, 1.82) is 0 Å². The summed E-state index contributed by atoms with van der Waals surface area (Å²) in [5.74, 6) is 1.12. The molecule has 0 radical (unpaired) electrons. The molecular formula is C18H23N3O5. The van der Waals surface area contributed by atoms with Gasteiger partial charge in [0.2, 0.25) is 5.82 Å². The van der Waals surface area contributed by atoms with E-state index in [2.05, 4.69) is 10.1 Å². The van der Waals surface area contributed by atoms with E-state index >= 15 is 0 Å². The van der Waals surface area contributed by atoms with Crippen molar-refractivity contribution in [3.63, 3.8) is 0 Å². The quantitative estimate of drug-likeness (QED) is 0.841. The number of piperidine rings is 1. The van der Waals surface area contributed by atoms with E-state index < -0.39 is 0 Å². The summed E-state index contributed by atoms with van der Waals surface area (Å²) in [5, 5.41) is 13.1. The Balaban J connectivity index is 1.82. The van der Waals surface area contributed by atoms with E-state index in [0.29, 0.717) is 35.9 Å². The highest BCUT2D eigenvalue weighted by Gasteiger charge is 2.30. The maximum atomic E-state index is 12.8. The van der Waals surface area contributed by atoms with E-state index in [1.807, 2.05) is 0 Å². The number of aliphatic hydroxyl groups excluding tert-OH is 1. The summed E-state index contributed by atoms with van der Waals surface area (Å²) in [5.41, 5.74) is 0.663. The molecule has 8 heteroatoms. The second kappa shape index (κ2) is 8.18. The zero-order chi connectivity index (χ0) is 18.5. The molecular weight excluding hydrogens is 338 g/mol. The monoisotopic (exact) mass is 361 g/mol. The van der Waals surface area contributed by atoms with Crippen molar-refractivity contribution in [3.05, 3.63) is 24.1 Å². The molecule has 0 aliphatic carbocycles. The first-order chi connectivity index (χ1) is 12.7. The van der Waals surface area contributed by atoms with Gasteiger partial charge in [-0.3, -0.25) is 4.79 Å². The number of ether oxygens (including phenoxy) is 2. The number of hydrogen-bond acceptors (Lipinski definition) is 7. The predicted octanol–water partition coefficient (Wildman–Crippen LogP) is 2.13. The maximum Gasteiger partial charge on any atom is 0.316 e. The highest BCUT2D eigenvalue weighted by atomic mass is 16.5. The second-order valence-electron chi connectivity index (χ2n) is 6.15. The van der Waals surface area contributed by atoms with Gasteiger partial charge < -0.3 is 24.0 Å². The molecule has 1 saturated heterocycles. The van der Waals surface area contributed by atoms with Gasteiger partial charge in [0, 0.05) is 24.8 Å². The number of benzene rings is 1. The fourth-order valence-electron chi connectivity index (χ4n) is 3.24. The van der Waals surface area contributed by atoms with Gasteiger partial charge in [-0.15, -0.1) is 0 Å². The summed E-state index contributed by atoms with van der Waals surface area (Å²) >= 11 is 0. The maximum absolute atomic E-state index is 12.8. The lowest BCUT2D eigenvalue weighted by atomic mass is 9.99. The summed E-state index contributed by atoms with van der Waals surface area (Å²) in [4.78, 5) is 18.7. The smallest absolute Gasteiger partial charge is 0.316 e. The molecule has 1 aliphatic rings. The van der Waals surface area contributed by atoms with Gasteiger partial charge in [0.05, 0.1) is 14.2 Å². The summed E-state index contributed by atoms with van der Waals surface area (Å²) in [6.07, 6.45) is 3.42. The van der Waals surface area contributed by atoms with Gasteiger partial charge in [-0.2, -0.15) is 4.98 Å². The van der Waals surface area contributed by atoms with Gasteiger partial charge in [-0.1, -0.05) is 5.16 Å². The van der Waals surface area contributed by atoms with Gasteiger partial charge in [-0.25, -0.2) is 0 Å². The number of nitrogens with zero attached hydrogens (tertiary/aromatic N) is 3. The lowest BCUT2D eigenvalue weighted by molar-refractivity contribution is 0.0525. The van der Waals surface area contributed by atoms with Crippen LogP contribution in [0.4, 0.5) is 0 Å². The average molecular weight is 361 g/mol. The van der Waals surface area contributed by atoms with E-state index in [9.17, 15) is 9.90 Å². The second-order valence-corrected chi connectivity index (χ2v) is 6.15. The molecule has 140 valence electrons. The van der Waals surface area contributed by atoms with Crippen LogP contribution in [0.5, 0.6) is 11.5 Å². The Morgan fingerprint density at radius 1 is 1.31 bits per heavy atom. The highest BCUT2D eigenvalue weighted by Crippen LogP contribution is 2.31. The first kappa shape index (κ1) is 18.2. The molecule has 3 rings (SSSR count). The summed E-state index contributed by atoms with van der Waals surface area (Å²) in [6.45, 7) is 0.687. The number of methoxy groups -OCH3 is 2. The first-order valence-electron chi connectivity index (χ1n) is 8.66. The van der Waals surface area contributed by atoms with Crippen LogP contribution in [0.15, 0.2) is 22.7 Å². The van der Waals surface area contributed by atoms with E-state index in [1.54, 1.807) is 37.3 Å². The highest BCUT2D eigenvalue weighted by molar-refractivity contribution is 5.90. The molecule has 26 heavy (non-hydrogen) atoms. The number of aliphatic hydroxyl groups is 1. The number of carbonyl (C=O) groups is 1.